The lowest BCUT2D eigenvalue weighted by atomic mass is 10.2. The second kappa shape index (κ2) is 3.83. The molecule has 0 atom stereocenters. The van der Waals surface area contributed by atoms with Crippen LogP contribution in [0, 0.1) is 10.5 Å². The Morgan fingerprint density at radius 2 is 2.17 bits per heavy atom. The number of hydrogen-bond acceptors (Lipinski definition) is 1. The zero-order chi connectivity index (χ0) is 9.30. The topological polar surface area (TPSA) is 12.9 Å². The molecule has 0 saturated heterocycles. The molecule has 1 aromatic heterocycles. The number of pyridine rings is 1. The van der Waals surface area contributed by atoms with Gasteiger partial charge in [0, 0.05) is 0 Å². The molecule has 0 amide bonds. The molecule has 1 rings (SSSR count). The number of halogens is 4. The molecule has 0 N–H and O–H groups in total. The van der Waals surface area contributed by atoms with E-state index in [1.165, 1.54) is 6.07 Å². The maximum absolute atomic E-state index is 12.1. The van der Waals surface area contributed by atoms with E-state index in [1.807, 2.05) is 22.6 Å². The second-order valence-electron chi connectivity index (χ2n) is 2.27. The summed E-state index contributed by atoms with van der Waals surface area (Å²) in [6.45, 7) is 1.72. The number of aryl methyl sites for hydroxylation is 1. The molecule has 1 aromatic rings. The van der Waals surface area contributed by atoms with E-state index in [-0.39, 0.29) is 10.8 Å². The quantitative estimate of drug-likeness (QED) is 0.571. The van der Waals surface area contributed by atoms with Crippen LogP contribution in [0.25, 0.3) is 0 Å². The van der Waals surface area contributed by atoms with Crippen molar-refractivity contribution in [3.8, 4) is 0 Å². The summed E-state index contributed by atoms with van der Waals surface area (Å²) >= 11 is 7.58. The minimum Gasteiger partial charge on any atom is -0.234 e. The van der Waals surface area contributed by atoms with Crippen molar-refractivity contribution in [2.45, 2.75) is 13.3 Å². The highest BCUT2D eigenvalue weighted by Crippen LogP contribution is 2.25. The van der Waals surface area contributed by atoms with Gasteiger partial charge in [-0.15, -0.1) is 0 Å². The molecule has 12 heavy (non-hydrogen) atoms. The molecule has 66 valence electrons. The third-order valence-corrected chi connectivity index (χ3v) is 3.30. The number of nitrogens with zero attached hydrogens (tertiary/aromatic N) is 1. The highest BCUT2D eigenvalue weighted by Gasteiger charge is 2.12. The van der Waals surface area contributed by atoms with Gasteiger partial charge in [-0.2, -0.15) is 0 Å². The number of aromatic nitrogens is 1. The molecule has 0 saturated carbocycles. The Bertz CT molecular complexity index is 280. The Hall–Kier alpha value is 0.0300. The van der Waals surface area contributed by atoms with Crippen molar-refractivity contribution in [1.29, 1.82) is 0 Å². The molecule has 1 heterocycles. The van der Waals surface area contributed by atoms with Gasteiger partial charge in [0.05, 0.1) is 3.57 Å². The lowest BCUT2D eigenvalue weighted by Gasteiger charge is -2.03. The molecule has 1 nitrogen and oxygen atoms in total. The van der Waals surface area contributed by atoms with E-state index >= 15 is 0 Å². The van der Waals surface area contributed by atoms with Crippen LogP contribution in [-0.4, -0.2) is 4.98 Å². The van der Waals surface area contributed by atoms with Crippen molar-refractivity contribution >= 4 is 34.2 Å². The SMILES string of the molecule is Cc1cc(C(F)F)nc(Cl)c1I. The van der Waals surface area contributed by atoms with E-state index in [9.17, 15) is 8.78 Å². The standard InChI is InChI=1S/C7H5ClF2IN/c1-3-2-4(7(9)10)12-6(8)5(3)11/h2,7H,1H3. The maximum atomic E-state index is 12.1. The predicted octanol–water partition coefficient (Wildman–Crippen LogP) is 3.59. The summed E-state index contributed by atoms with van der Waals surface area (Å²) in [4.78, 5) is 3.54. The summed E-state index contributed by atoms with van der Waals surface area (Å²) in [5.41, 5.74) is 0.462. The molecular formula is C7H5ClF2IN. The minimum absolute atomic E-state index is 0.144. The van der Waals surface area contributed by atoms with E-state index in [4.69, 9.17) is 11.6 Å². The Morgan fingerprint density at radius 3 is 2.58 bits per heavy atom. The average molecular weight is 303 g/mol. The van der Waals surface area contributed by atoms with Gasteiger partial charge in [0.25, 0.3) is 6.43 Å². The molecule has 0 unspecified atom stereocenters. The zero-order valence-corrected chi connectivity index (χ0v) is 9.03. The van der Waals surface area contributed by atoms with Crippen molar-refractivity contribution < 1.29 is 8.78 Å². The first kappa shape index (κ1) is 10.1. The molecule has 0 radical (unpaired) electrons. The normalized spacial score (nSPS) is 10.8. The molecule has 0 fully saturated rings. The van der Waals surface area contributed by atoms with Crippen molar-refractivity contribution in [3.05, 3.63) is 26.0 Å². The van der Waals surface area contributed by atoms with Crippen LogP contribution in [0.5, 0.6) is 0 Å². The largest absolute Gasteiger partial charge is 0.280 e. The van der Waals surface area contributed by atoms with E-state index in [2.05, 4.69) is 4.98 Å². The van der Waals surface area contributed by atoms with E-state index in [1.54, 1.807) is 6.92 Å². The molecule has 0 spiro atoms. The Kier molecular flexibility index (Phi) is 3.22. The molecule has 0 aliphatic rings. The van der Waals surface area contributed by atoms with E-state index in [0.717, 1.165) is 9.13 Å². The number of alkyl halides is 2. The third kappa shape index (κ3) is 2.04. The van der Waals surface area contributed by atoms with Crippen LogP contribution in [0.3, 0.4) is 0 Å². The van der Waals surface area contributed by atoms with E-state index < -0.39 is 6.43 Å². The lowest BCUT2D eigenvalue weighted by molar-refractivity contribution is 0.146. The fourth-order valence-electron chi connectivity index (χ4n) is 0.754. The zero-order valence-electron chi connectivity index (χ0n) is 6.11. The predicted molar refractivity (Wildman–Crippen MR) is 51.7 cm³/mol. The summed E-state index contributed by atoms with van der Waals surface area (Å²) in [6.07, 6.45) is -2.56. The van der Waals surface area contributed by atoms with Crippen LogP contribution in [0.2, 0.25) is 5.15 Å². The number of hydrogen-bond donors (Lipinski definition) is 0. The highest BCUT2D eigenvalue weighted by molar-refractivity contribution is 14.1. The van der Waals surface area contributed by atoms with Gasteiger partial charge in [-0.1, -0.05) is 11.6 Å². The van der Waals surface area contributed by atoms with Crippen molar-refractivity contribution in [2.24, 2.45) is 0 Å². The Labute approximate surface area is 87.3 Å². The van der Waals surface area contributed by atoms with Crippen LogP contribution < -0.4 is 0 Å². The minimum atomic E-state index is -2.56. The summed E-state index contributed by atoms with van der Waals surface area (Å²) in [6, 6.07) is 1.35. The monoisotopic (exact) mass is 303 g/mol. The summed E-state index contributed by atoms with van der Waals surface area (Å²) in [7, 11) is 0. The van der Waals surface area contributed by atoms with Crippen LogP contribution in [-0.2, 0) is 0 Å². The van der Waals surface area contributed by atoms with Crippen LogP contribution in [0.4, 0.5) is 8.78 Å². The average Bonchev–Trinajstić information content (AvgIpc) is 1.99. The molecule has 0 aliphatic heterocycles. The van der Waals surface area contributed by atoms with Crippen molar-refractivity contribution in [2.75, 3.05) is 0 Å². The fraction of sp³-hybridized carbons (Fsp3) is 0.286. The molecular weight excluding hydrogens is 298 g/mol. The first-order chi connectivity index (χ1) is 5.52. The number of rotatable bonds is 1. The summed E-state index contributed by atoms with van der Waals surface area (Å²) in [5.74, 6) is 0. The van der Waals surface area contributed by atoms with Crippen LogP contribution in [0.15, 0.2) is 6.07 Å². The van der Waals surface area contributed by atoms with Gasteiger partial charge in [0.2, 0.25) is 0 Å². The first-order valence-electron chi connectivity index (χ1n) is 3.13. The molecule has 0 bridgehead atoms. The Balaban J connectivity index is 3.21. The fourth-order valence-corrected chi connectivity index (χ4v) is 1.28. The highest BCUT2D eigenvalue weighted by atomic mass is 127. The third-order valence-electron chi connectivity index (χ3n) is 1.34. The van der Waals surface area contributed by atoms with Crippen LogP contribution in [0.1, 0.15) is 17.7 Å². The van der Waals surface area contributed by atoms with Gasteiger partial charge in [-0.05, 0) is 41.1 Å². The van der Waals surface area contributed by atoms with Gasteiger partial charge in [0.1, 0.15) is 10.8 Å². The molecule has 0 aliphatic carbocycles. The first-order valence-corrected chi connectivity index (χ1v) is 4.58. The lowest BCUT2D eigenvalue weighted by Crippen LogP contribution is -1.94. The van der Waals surface area contributed by atoms with E-state index in [0.29, 0.717) is 0 Å². The second-order valence-corrected chi connectivity index (χ2v) is 3.71. The van der Waals surface area contributed by atoms with Crippen LogP contribution >= 0.6 is 34.2 Å². The maximum Gasteiger partial charge on any atom is 0.280 e. The summed E-state index contributed by atoms with van der Waals surface area (Å²) in [5, 5.41) is 0.144. The smallest absolute Gasteiger partial charge is 0.234 e. The molecule has 0 aromatic carbocycles. The van der Waals surface area contributed by atoms with Gasteiger partial charge in [0.15, 0.2) is 0 Å². The van der Waals surface area contributed by atoms with Gasteiger partial charge in [-0.3, -0.25) is 0 Å². The van der Waals surface area contributed by atoms with Gasteiger partial charge < -0.3 is 0 Å². The van der Waals surface area contributed by atoms with Gasteiger partial charge >= 0.3 is 0 Å². The van der Waals surface area contributed by atoms with Gasteiger partial charge in [-0.25, -0.2) is 13.8 Å². The molecule has 5 heteroatoms. The van der Waals surface area contributed by atoms with Crippen molar-refractivity contribution in [3.63, 3.8) is 0 Å². The van der Waals surface area contributed by atoms with Crippen molar-refractivity contribution in [1.82, 2.24) is 4.98 Å². The Morgan fingerprint density at radius 1 is 1.58 bits per heavy atom. The summed E-state index contributed by atoms with van der Waals surface area (Å²) < 4.78 is 25.0.